The van der Waals surface area contributed by atoms with E-state index in [1.165, 1.54) is 32.4 Å². The van der Waals surface area contributed by atoms with Crippen LogP contribution in [0.1, 0.15) is 6.92 Å². The quantitative estimate of drug-likeness (QED) is 0.528. The maximum Gasteiger partial charge on any atom is 0.327 e. The van der Waals surface area contributed by atoms with E-state index in [1.807, 2.05) is 0 Å². The van der Waals surface area contributed by atoms with Crippen molar-refractivity contribution in [2.75, 3.05) is 12.4 Å². The summed E-state index contributed by atoms with van der Waals surface area (Å²) in [4.78, 5) is 25.7. The summed E-state index contributed by atoms with van der Waals surface area (Å²) in [5, 5.41) is 13.8. The van der Waals surface area contributed by atoms with Gasteiger partial charge >= 0.3 is 5.97 Å². The molecule has 1 aromatic heterocycles. The molecule has 21 heavy (non-hydrogen) atoms. The highest BCUT2D eigenvalue weighted by atomic mass is 19.1. The van der Waals surface area contributed by atoms with E-state index < -0.39 is 22.8 Å². The molecule has 0 saturated heterocycles. The lowest BCUT2D eigenvalue weighted by atomic mass is 10.1. The summed E-state index contributed by atoms with van der Waals surface area (Å²) in [5.74, 6) is -1.44. The molecule has 0 spiro atoms. The number of esters is 1. The lowest BCUT2D eigenvalue weighted by Crippen LogP contribution is -2.27. The molecule has 2 rings (SSSR count). The van der Waals surface area contributed by atoms with Crippen LogP contribution in [0.5, 0.6) is 0 Å². The van der Waals surface area contributed by atoms with Gasteiger partial charge in [0.2, 0.25) is 0 Å². The first kappa shape index (κ1) is 14.6. The van der Waals surface area contributed by atoms with E-state index in [1.54, 1.807) is 0 Å². The fourth-order valence-corrected chi connectivity index (χ4v) is 1.93. The number of pyridine rings is 1. The zero-order chi connectivity index (χ0) is 15.6. The van der Waals surface area contributed by atoms with Crippen LogP contribution in [0.15, 0.2) is 24.4 Å². The molecule has 110 valence electrons. The predicted molar refractivity (Wildman–Crippen MR) is 73.5 cm³/mol. The summed E-state index contributed by atoms with van der Waals surface area (Å²) in [5.41, 5.74) is -0.374. The predicted octanol–water partition coefficient (Wildman–Crippen LogP) is 2.26. The Bertz CT molecular complexity index is 720. The number of aromatic nitrogens is 1. The SMILES string of the molecule is COC(=O)C(C)Nc1c(F)cc([N+](=O)[O-])c2cccnc12. The van der Waals surface area contributed by atoms with E-state index in [-0.39, 0.29) is 22.3 Å². The van der Waals surface area contributed by atoms with E-state index in [0.717, 1.165) is 6.07 Å². The number of nitrogens with one attached hydrogen (secondary N) is 1. The van der Waals surface area contributed by atoms with E-state index in [9.17, 15) is 19.3 Å². The molecule has 0 radical (unpaired) electrons. The molecule has 1 unspecified atom stereocenters. The number of non-ortho nitro benzene ring substituents is 1. The lowest BCUT2D eigenvalue weighted by molar-refractivity contribution is -0.383. The number of carbonyl (C=O) groups is 1. The summed E-state index contributed by atoms with van der Waals surface area (Å²) < 4.78 is 18.7. The second-order valence-corrected chi connectivity index (χ2v) is 4.30. The van der Waals surface area contributed by atoms with Crippen LogP contribution >= 0.6 is 0 Å². The van der Waals surface area contributed by atoms with E-state index in [2.05, 4.69) is 15.0 Å². The molecular formula is C13H12FN3O4. The van der Waals surface area contributed by atoms with E-state index in [4.69, 9.17) is 0 Å². The van der Waals surface area contributed by atoms with Crippen LogP contribution < -0.4 is 5.32 Å². The van der Waals surface area contributed by atoms with Crippen LogP contribution in [-0.2, 0) is 9.53 Å². The maximum atomic E-state index is 14.1. The minimum Gasteiger partial charge on any atom is -0.467 e. The van der Waals surface area contributed by atoms with Gasteiger partial charge in [0.15, 0.2) is 5.82 Å². The number of nitro groups is 1. The van der Waals surface area contributed by atoms with Gasteiger partial charge in [0, 0.05) is 6.20 Å². The van der Waals surface area contributed by atoms with Crippen molar-refractivity contribution in [2.45, 2.75) is 13.0 Å². The highest BCUT2D eigenvalue weighted by molar-refractivity contribution is 5.98. The van der Waals surface area contributed by atoms with Crippen molar-refractivity contribution in [1.29, 1.82) is 0 Å². The van der Waals surface area contributed by atoms with Crippen LogP contribution in [0.3, 0.4) is 0 Å². The number of benzene rings is 1. The molecule has 8 heteroatoms. The number of fused-ring (bicyclic) bond motifs is 1. The Hall–Kier alpha value is -2.77. The Morgan fingerprint density at radius 3 is 2.90 bits per heavy atom. The lowest BCUT2D eigenvalue weighted by Gasteiger charge is -2.15. The van der Waals surface area contributed by atoms with Gasteiger partial charge in [-0.2, -0.15) is 0 Å². The van der Waals surface area contributed by atoms with E-state index in [0.29, 0.717) is 0 Å². The summed E-state index contributed by atoms with van der Waals surface area (Å²) in [6, 6.07) is 2.96. The normalized spacial score (nSPS) is 12.0. The second kappa shape index (κ2) is 5.70. The van der Waals surface area contributed by atoms with Crippen molar-refractivity contribution < 1.29 is 18.8 Å². The standard InChI is InChI=1S/C13H12FN3O4/c1-7(13(18)21-2)16-12-9(14)6-10(17(19)20)8-4-3-5-15-11(8)12/h3-7,16H,1-2H3. The highest BCUT2D eigenvalue weighted by Gasteiger charge is 2.22. The molecule has 1 heterocycles. The van der Waals surface area contributed by atoms with Crippen molar-refractivity contribution in [3.63, 3.8) is 0 Å². The Kier molecular flexibility index (Phi) is 3.97. The molecule has 0 amide bonds. The number of nitro benzene ring substituents is 1. The molecule has 2 aromatic rings. The summed E-state index contributed by atoms with van der Waals surface area (Å²) in [6.45, 7) is 1.49. The van der Waals surface area contributed by atoms with Gasteiger partial charge in [-0.05, 0) is 19.1 Å². The number of methoxy groups -OCH3 is 1. The minimum absolute atomic E-state index is 0.0749. The number of halogens is 1. The average Bonchev–Trinajstić information content (AvgIpc) is 2.48. The number of carbonyl (C=O) groups excluding carboxylic acids is 1. The number of hydrogen-bond acceptors (Lipinski definition) is 6. The maximum absolute atomic E-state index is 14.1. The van der Waals surface area contributed by atoms with Gasteiger partial charge in [-0.25, -0.2) is 9.18 Å². The van der Waals surface area contributed by atoms with Crippen LogP contribution in [-0.4, -0.2) is 29.0 Å². The first-order valence-electron chi connectivity index (χ1n) is 6.01. The molecule has 0 aliphatic carbocycles. The van der Waals surface area contributed by atoms with Gasteiger partial charge in [0.1, 0.15) is 11.6 Å². The van der Waals surface area contributed by atoms with Gasteiger partial charge in [-0.1, -0.05) is 0 Å². The van der Waals surface area contributed by atoms with Crippen LogP contribution in [0.2, 0.25) is 0 Å². The molecule has 0 saturated carbocycles. The Morgan fingerprint density at radius 1 is 1.57 bits per heavy atom. The van der Waals surface area contributed by atoms with Gasteiger partial charge in [-0.3, -0.25) is 15.1 Å². The fourth-order valence-electron chi connectivity index (χ4n) is 1.93. The zero-order valence-electron chi connectivity index (χ0n) is 11.3. The van der Waals surface area contributed by atoms with Crippen molar-refractivity contribution in [3.05, 3.63) is 40.3 Å². The fraction of sp³-hybridized carbons (Fsp3) is 0.231. The summed E-state index contributed by atoms with van der Waals surface area (Å²) in [7, 11) is 1.21. The molecule has 1 N–H and O–H groups in total. The van der Waals surface area contributed by atoms with E-state index >= 15 is 0 Å². The first-order valence-corrected chi connectivity index (χ1v) is 6.01. The third-order valence-electron chi connectivity index (χ3n) is 2.94. The van der Waals surface area contributed by atoms with Crippen LogP contribution in [0.25, 0.3) is 10.9 Å². The van der Waals surface area contributed by atoms with Gasteiger partial charge in [0.05, 0.1) is 29.2 Å². The largest absolute Gasteiger partial charge is 0.467 e. The van der Waals surface area contributed by atoms with Crippen LogP contribution in [0, 0.1) is 15.9 Å². The third-order valence-corrected chi connectivity index (χ3v) is 2.94. The molecule has 0 bridgehead atoms. The smallest absolute Gasteiger partial charge is 0.327 e. The molecular weight excluding hydrogens is 281 g/mol. The average molecular weight is 293 g/mol. The summed E-state index contributed by atoms with van der Waals surface area (Å²) in [6.07, 6.45) is 1.39. The molecule has 0 aliphatic rings. The third kappa shape index (κ3) is 2.73. The van der Waals surface area contributed by atoms with Gasteiger partial charge in [0.25, 0.3) is 5.69 Å². The Balaban J connectivity index is 2.59. The Labute approximate surface area is 118 Å². The molecule has 0 aliphatic heterocycles. The number of ether oxygens (including phenoxy) is 1. The first-order chi connectivity index (χ1) is 9.95. The summed E-state index contributed by atoms with van der Waals surface area (Å²) >= 11 is 0. The van der Waals surface area contributed by atoms with Crippen molar-refractivity contribution >= 4 is 28.2 Å². The van der Waals surface area contributed by atoms with Crippen molar-refractivity contribution in [1.82, 2.24) is 4.98 Å². The van der Waals surface area contributed by atoms with Gasteiger partial charge < -0.3 is 10.1 Å². The topological polar surface area (TPSA) is 94.4 Å². The molecule has 1 aromatic carbocycles. The molecule has 1 atom stereocenters. The van der Waals surface area contributed by atoms with Crippen LogP contribution in [0.4, 0.5) is 15.8 Å². The van der Waals surface area contributed by atoms with Crippen molar-refractivity contribution in [3.8, 4) is 0 Å². The monoisotopic (exact) mass is 293 g/mol. The highest BCUT2D eigenvalue weighted by Crippen LogP contribution is 2.32. The number of anilines is 1. The molecule has 0 fully saturated rings. The number of hydrogen-bond donors (Lipinski definition) is 1. The minimum atomic E-state index is -0.858. The number of nitrogens with zero attached hydrogens (tertiary/aromatic N) is 2. The molecule has 7 nitrogen and oxygen atoms in total. The number of rotatable bonds is 4. The Morgan fingerprint density at radius 2 is 2.29 bits per heavy atom. The zero-order valence-corrected chi connectivity index (χ0v) is 11.3. The second-order valence-electron chi connectivity index (χ2n) is 4.30. The van der Waals surface area contributed by atoms with Crippen molar-refractivity contribution in [2.24, 2.45) is 0 Å². The van der Waals surface area contributed by atoms with Gasteiger partial charge in [-0.15, -0.1) is 0 Å².